The third-order valence-electron chi connectivity index (χ3n) is 3.25. The highest BCUT2D eigenvalue weighted by Gasteiger charge is 2.12. The lowest BCUT2D eigenvalue weighted by molar-refractivity contribution is 0.624. The Morgan fingerprint density at radius 2 is 1.95 bits per heavy atom. The van der Waals surface area contributed by atoms with Crippen LogP contribution in [0.15, 0.2) is 40.9 Å². The van der Waals surface area contributed by atoms with Crippen LogP contribution in [0.3, 0.4) is 0 Å². The quantitative estimate of drug-likeness (QED) is 0.752. The number of nitrogens with one attached hydrogen (secondary N) is 1. The molecule has 0 spiro atoms. The predicted molar refractivity (Wildman–Crippen MR) is 86.3 cm³/mol. The number of benzene rings is 2. The van der Waals surface area contributed by atoms with Gasteiger partial charge in [-0.3, -0.25) is 0 Å². The van der Waals surface area contributed by atoms with E-state index in [-0.39, 0.29) is 5.82 Å². The minimum Gasteiger partial charge on any atom is -0.313 e. The lowest BCUT2D eigenvalue weighted by atomic mass is 9.97. The molecule has 2 aromatic carbocycles. The molecule has 20 heavy (non-hydrogen) atoms. The summed E-state index contributed by atoms with van der Waals surface area (Å²) in [7, 11) is 0. The Kier molecular flexibility index (Phi) is 5.32. The van der Waals surface area contributed by atoms with Gasteiger partial charge in [-0.2, -0.15) is 0 Å². The molecule has 0 atom stereocenters. The van der Waals surface area contributed by atoms with Crippen LogP contribution in [0.1, 0.15) is 24.5 Å². The summed E-state index contributed by atoms with van der Waals surface area (Å²) in [5, 5.41) is 3.38. The van der Waals surface area contributed by atoms with Gasteiger partial charge in [0, 0.05) is 12.1 Å². The summed E-state index contributed by atoms with van der Waals surface area (Å²) in [6.45, 7) is 5.89. The van der Waals surface area contributed by atoms with Crippen LogP contribution in [0.5, 0.6) is 0 Å². The van der Waals surface area contributed by atoms with Crippen molar-refractivity contribution in [1.29, 1.82) is 0 Å². The van der Waals surface area contributed by atoms with Gasteiger partial charge in [0.15, 0.2) is 0 Å². The van der Waals surface area contributed by atoms with Gasteiger partial charge in [0.1, 0.15) is 5.82 Å². The van der Waals surface area contributed by atoms with Crippen LogP contribution in [0, 0.1) is 12.7 Å². The Hall–Kier alpha value is -1.19. The van der Waals surface area contributed by atoms with E-state index in [1.54, 1.807) is 6.07 Å². The summed E-state index contributed by atoms with van der Waals surface area (Å²) in [5.74, 6) is -0.199. The molecule has 2 rings (SSSR count). The summed E-state index contributed by atoms with van der Waals surface area (Å²) in [4.78, 5) is 0. The maximum Gasteiger partial charge on any atom is 0.145 e. The molecule has 0 heterocycles. The van der Waals surface area contributed by atoms with Gasteiger partial charge in [-0.05, 0) is 53.0 Å². The number of rotatable bonds is 5. The van der Waals surface area contributed by atoms with Crippen LogP contribution in [0.2, 0.25) is 0 Å². The molecule has 0 aliphatic carbocycles. The van der Waals surface area contributed by atoms with Gasteiger partial charge in [-0.1, -0.05) is 42.8 Å². The Morgan fingerprint density at radius 3 is 2.70 bits per heavy atom. The van der Waals surface area contributed by atoms with E-state index in [0.717, 1.165) is 36.2 Å². The van der Waals surface area contributed by atoms with Crippen LogP contribution in [0.25, 0.3) is 11.1 Å². The normalized spacial score (nSPS) is 10.8. The molecule has 0 unspecified atom stereocenters. The first-order valence-corrected chi connectivity index (χ1v) is 7.67. The third kappa shape index (κ3) is 3.47. The Labute approximate surface area is 128 Å². The van der Waals surface area contributed by atoms with Crippen LogP contribution >= 0.6 is 15.9 Å². The van der Waals surface area contributed by atoms with E-state index in [4.69, 9.17) is 0 Å². The minimum atomic E-state index is -0.199. The van der Waals surface area contributed by atoms with Gasteiger partial charge < -0.3 is 5.32 Å². The van der Waals surface area contributed by atoms with Crippen molar-refractivity contribution in [2.45, 2.75) is 26.8 Å². The zero-order valence-electron chi connectivity index (χ0n) is 11.8. The molecule has 3 heteroatoms. The van der Waals surface area contributed by atoms with Crippen LogP contribution in [-0.4, -0.2) is 6.54 Å². The van der Waals surface area contributed by atoms with Crippen LogP contribution < -0.4 is 5.32 Å². The van der Waals surface area contributed by atoms with Gasteiger partial charge >= 0.3 is 0 Å². The first-order valence-electron chi connectivity index (χ1n) is 6.88. The zero-order chi connectivity index (χ0) is 14.5. The van der Waals surface area contributed by atoms with E-state index in [1.807, 2.05) is 25.1 Å². The second kappa shape index (κ2) is 7.00. The Morgan fingerprint density at radius 1 is 1.15 bits per heavy atom. The van der Waals surface area contributed by atoms with Crippen molar-refractivity contribution in [2.75, 3.05) is 6.54 Å². The van der Waals surface area contributed by atoms with Crippen LogP contribution in [-0.2, 0) is 6.54 Å². The molecule has 0 saturated heterocycles. The predicted octanol–water partition coefficient (Wildman–Crippen LogP) is 5.06. The monoisotopic (exact) mass is 335 g/mol. The molecule has 1 N–H and O–H groups in total. The second-order valence-corrected chi connectivity index (χ2v) is 5.79. The van der Waals surface area contributed by atoms with Gasteiger partial charge in [-0.15, -0.1) is 0 Å². The van der Waals surface area contributed by atoms with Crippen molar-refractivity contribution >= 4 is 15.9 Å². The molecule has 0 aromatic heterocycles. The van der Waals surface area contributed by atoms with E-state index in [1.165, 1.54) is 0 Å². The molecule has 0 amide bonds. The Bertz CT molecular complexity index is 596. The van der Waals surface area contributed by atoms with E-state index in [2.05, 4.69) is 40.3 Å². The zero-order valence-corrected chi connectivity index (χ0v) is 13.4. The molecule has 2 aromatic rings. The van der Waals surface area contributed by atoms with Crippen molar-refractivity contribution in [2.24, 2.45) is 0 Å². The fraction of sp³-hybridized carbons (Fsp3) is 0.294. The minimum absolute atomic E-state index is 0.199. The molecule has 0 bridgehead atoms. The molecular weight excluding hydrogens is 317 g/mol. The first-order chi connectivity index (χ1) is 9.63. The standard InChI is InChI=1S/C17H19BrFN/c1-3-9-20-11-13-8-7-12(2)10-15(13)14-5-4-6-16(18)17(14)19/h4-8,10,20H,3,9,11H2,1-2H3. The maximum atomic E-state index is 14.3. The molecule has 0 saturated carbocycles. The summed E-state index contributed by atoms with van der Waals surface area (Å²) in [6, 6.07) is 11.6. The van der Waals surface area contributed by atoms with E-state index in [9.17, 15) is 4.39 Å². The molecule has 0 fully saturated rings. The summed E-state index contributed by atoms with van der Waals surface area (Å²) < 4.78 is 14.8. The highest BCUT2D eigenvalue weighted by atomic mass is 79.9. The SMILES string of the molecule is CCCNCc1ccc(C)cc1-c1cccc(Br)c1F. The molecule has 0 aliphatic rings. The summed E-state index contributed by atoms with van der Waals surface area (Å²) >= 11 is 3.26. The fourth-order valence-electron chi connectivity index (χ4n) is 2.21. The molecular formula is C17H19BrFN. The van der Waals surface area contributed by atoms with Crippen molar-refractivity contribution in [3.63, 3.8) is 0 Å². The van der Waals surface area contributed by atoms with Gasteiger partial charge in [0.2, 0.25) is 0 Å². The average molecular weight is 336 g/mol. The first kappa shape index (κ1) is 15.2. The second-order valence-electron chi connectivity index (χ2n) is 4.94. The summed E-state index contributed by atoms with van der Waals surface area (Å²) in [5.41, 5.74) is 3.88. The van der Waals surface area contributed by atoms with Crippen molar-refractivity contribution in [3.05, 3.63) is 57.8 Å². The van der Waals surface area contributed by atoms with Crippen molar-refractivity contribution in [1.82, 2.24) is 5.32 Å². The highest BCUT2D eigenvalue weighted by Crippen LogP contribution is 2.31. The molecule has 106 valence electrons. The lowest BCUT2D eigenvalue weighted by Crippen LogP contribution is -2.14. The van der Waals surface area contributed by atoms with E-state index < -0.39 is 0 Å². The van der Waals surface area contributed by atoms with E-state index >= 15 is 0 Å². The van der Waals surface area contributed by atoms with Crippen molar-refractivity contribution < 1.29 is 4.39 Å². The van der Waals surface area contributed by atoms with E-state index in [0.29, 0.717) is 10.0 Å². The van der Waals surface area contributed by atoms with Crippen molar-refractivity contribution in [3.8, 4) is 11.1 Å². The number of hydrogen-bond acceptors (Lipinski definition) is 1. The number of hydrogen-bond donors (Lipinski definition) is 1. The number of aryl methyl sites for hydroxylation is 1. The summed E-state index contributed by atoms with van der Waals surface area (Å²) in [6.07, 6.45) is 1.09. The molecule has 0 aliphatic heterocycles. The molecule has 0 radical (unpaired) electrons. The average Bonchev–Trinajstić information content (AvgIpc) is 2.44. The van der Waals surface area contributed by atoms with Crippen LogP contribution in [0.4, 0.5) is 4.39 Å². The lowest BCUT2D eigenvalue weighted by Gasteiger charge is -2.13. The van der Waals surface area contributed by atoms with Gasteiger partial charge in [0.25, 0.3) is 0 Å². The third-order valence-corrected chi connectivity index (χ3v) is 3.86. The molecule has 1 nitrogen and oxygen atoms in total. The van der Waals surface area contributed by atoms with Gasteiger partial charge in [-0.25, -0.2) is 4.39 Å². The smallest absolute Gasteiger partial charge is 0.145 e. The highest BCUT2D eigenvalue weighted by molar-refractivity contribution is 9.10. The Balaban J connectivity index is 2.43. The topological polar surface area (TPSA) is 12.0 Å². The maximum absolute atomic E-state index is 14.3. The fourth-order valence-corrected chi connectivity index (χ4v) is 2.57. The largest absolute Gasteiger partial charge is 0.313 e. The van der Waals surface area contributed by atoms with Gasteiger partial charge in [0.05, 0.1) is 4.47 Å². The number of halogens is 2.